The summed E-state index contributed by atoms with van der Waals surface area (Å²) in [6.07, 6.45) is 1.97. The van der Waals surface area contributed by atoms with Crippen LogP contribution in [0, 0.1) is 6.92 Å². The van der Waals surface area contributed by atoms with E-state index in [0.29, 0.717) is 0 Å². The minimum atomic E-state index is 1.14. The smallest absolute Gasteiger partial charge is 0.0468 e. The number of nitrogens with one attached hydrogen (secondary N) is 1. The summed E-state index contributed by atoms with van der Waals surface area (Å²) in [4.78, 5) is 3.18. The molecule has 1 aromatic heterocycles. The third-order valence-electron chi connectivity index (χ3n) is 1.87. The molecule has 1 heterocycles. The molecule has 1 aromatic carbocycles. The number of hydrogen-bond donors (Lipinski definition) is 1. The van der Waals surface area contributed by atoms with Crippen LogP contribution < -0.4 is 0 Å². The van der Waals surface area contributed by atoms with E-state index in [-0.39, 0.29) is 0 Å². The number of H-pyrrole nitrogens is 1. The molecular weight excluding hydrogens is 202 g/mol. The van der Waals surface area contributed by atoms with Gasteiger partial charge in [-0.3, -0.25) is 0 Å². The Labute approximate surface area is 73.6 Å². The van der Waals surface area contributed by atoms with Crippen molar-refractivity contribution in [3.8, 4) is 0 Å². The van der Waals surface area contributed by atoms with Crippen LogP contribution in [0.15, 0.2) is 28.9 Å². The average Bonchev–Trinajstić information content (AvgIpc) is 2.34. The van der Waals surface area contributed by atoms with Gasteiger partial charge in [-0.2, -0.15) is 0 Å². The molecule has 0 spiro atoms. The summed E-state index contributed by atoms with van der Waals surface area (Å²) in [5, 5.41) is 1.28. The molecule has 11 heavy (non-hydrogen) atoms. The lowest BCUT2D eigenvalue weighted by Crippen LogP contribution is -1.72. The maximum absolute atomic E-state index is 3.49. The highest BCUT2D eigenvalue weighted by molar-refractivity contribution is 9.10. The van der Waals surface area contributed by atoms with Crippen molar-refractivity contribution in [1.82, 2.24) is 4.98 Å². The van der Waals surface area contributed by atoms with E-state index in [9.17, 15) is 0 Å². The van der Waals surface area contributed by atoms with Crippen LogP contribution in [-0.2, 0) is 0 Å². The minimum Gasteiger partial charge on any atom is -0.360 e. The molecular formula is C9H8BrN. The van der Waals surface area contributed by atoms with E-state index in [4.69, 9.17) is 0 Å². The number of aryl methyl sites for hydroxylation is 1. The first-order valence-electron chi connectivity index (χ1n) is 3.51. The zero-order valence-electron chi connectivity index (χ0n) is 6.19. The molecule has 0 bridgehead atoms. The van der Waals surface area contributed by atoms with Crippen LogP contribution in [0.4, 0.5) is 0 Å². The van der Waals surface area contributed by atoms with Crippen LogP contribution in [0.3, 0.4) is 0 Å². The summed E-state index contributed by atoms with van der Waals surface area (Å²) in [6.45, 7) is 2.11. The lowest BCUT2D eigenvalue weighted by atomic mass is 10.1. The number of aromatic amines is 1. The molecule has 2 rings (SSSR count). The van der Waals surface area contributed by atoms with E-state index in [0.717, 1.165) is 4.47 Å². The Morgan fingerprint density at radius 1 is 1.36 bits per heavy atom. The second-order valence-electron chi connectivity index (χ2n) is 2.63. The summed E-state index contributed by atoms with van der Waals surface area (Å²) >= 11 is 3.49. The normalized spacial score (nSPS) is 10.7. The van der Waals surface area contributed by atoms with Gasteiger partial charge in [0, 0.05) is 21.6 Å². The molecule has 1 N–H and O–H groups in total. The van der Waals surface area contributed by atoms with Crippen molar-refractivity contribution >= 4 is 26.8 Å². The van der Waals surface area contributed by atoms with E-state index < -0.39 is 0 Å². The summed E-state index contributed by atoms with van der Waals surface area (Å²) in [6, 6.07) is 6.24. The minimum absolute atomic E-state index is 1.14. The lowest BCUT2D eigenvalue weighted by molar-refractivity contribution is 1.46. The van der Waals surface area contributed by atoms with Crippen LogP contribution in [0.2, 0.25) is 0 Å². The van der Waals surface area contributed by atoms with Crippen molar-refractivity contribution in [2.45, 2.75) is 6.92 Å². The molecule has 0 unspecified atom stereocenters. The molecule has 0 fully saturated rings. The largest absolute Gasteiger partial charge is 0.360 e. The molecule has 0 saturated heterocycles. The summed E-state index contributed by atoms with van der Waals surface area (Å²) < 4.78 is 1.14. The molecule has 2 heteroatoms. The van der Waals surface area contributed by atoms with E-state index in [1.54, 1.807) is 0 Å². The number of benzene rings is 1. The average molecular weight is 210 g/mol. The van der Waals surface area contributed by atoms with E-state index in [2.05, 4.69) is 46.0 Å². The van der Waals surface area contributed by atoms with Gasteiger partial charge in [-0.25, -0.2) is 0 Å². The fourth-order valence-electron chi connectivity index (χ4n) is 1.32. The predicted octanol–water partition coefficient (Wildman–Crippen LogP) is 3.24. The second-order valence-corrected chi connectivity index (χ2v) is 3.49. The molecule has 1 nitrogen and oxygen atoms in total. The third kappa shape index (κ3) is 0.979. The Morgan fingerprint density at radius 3 is 2.91 bits per heavy atom. The molecule has 56 valence electrons. The van der Waals surface area contributed by atoms with E-state index >= 15 is 0 Å². The summed E-state index contributed by atoms with van der Waals surface area (Å²) in [7, 11) is 0. The topological polar surface area (TPSA) is 15.8 Å². The maximum atomic E-state index is 3.49. The lowest BCUT2D eigenvalue weighted by Gasteiger charge is -1.94. The van der Waals surface area contributed by atoms with Gasteiger partial charge in [-0.1, -0.05) is 12.1 Å². The standard InChI is InChI=1S/C9H8BrN/c1-6-3-2-4-8-9(6)7(10)5-11-8/h2-5,11H,1H3. The highest BCUT2D eigenvalue weighted by atomic mass is 79.9. The van der Waals surface area contributed by atoms with Crippen molar-refractivity contribution in [1.29, 1.82) is 0 Å². The van der Waals surface area contributed by atoms with Gasteiger partial charge in [0.15, 0.2) is 0 Å². The first-order chi connectivity index (χ1) is 5.29. The zero-order chi connectivity index (χ0) is 7.84. The van der Waals surface area contributed by atoms with Crippen molar-refractivity contribution in [2.24, 2.45) is 0 Å². The Hall–Kier alpha value is -0.760. The van der Waals surface area contributed by atoms with Crippen LogP contribution in [0.25, 0.3) is 10.9 Å². The van der Waals surface area contributed by atoms with Gasteiger partial charge in [0.05, 0.1) is 0 Å². The van der Waals surface area contributed by atoms with E-state index in [1.165, 1.54) is 16.5 Å². The van der Waals surface area contributed by atoms with Crippen LogP contribution >= 0.6 is 15.9 Å². The molecule has 2 aromatic rings. The fraction of sp³-hybridized carbons (Fsp3) is 0.111. The Kier molecular flexibility index (Phi) is 1.50. The third-order valence-corrected chi connectivity index (χ3v) is 2.49. The number of hydrogen-bond acceptors (Lipinski definition) is 0. The monoisotopic (exact) mass is 209 g/mol. The Bertz CT molecular complexity index is 389. The van der Waals surface area contributed by atoms with Gasteiger partial charge in [-0.15, -0.1) is 0 Å². The first kappa shape index (κ1) is 6.92. The Morgan fingerprint density at radius 2 is 2.18 bits per heavy atom. The van der Waals surface area contributed by atoms with Crippen molar-refractivity contribution in [3.05, 3.63) is 34.4 Å². The van der Waals surface area contributed by atoms with Gasteiger partial charge in [-0.05, 0) is 34.5 Å². The van der Waals surface area contributed by atoms with Gasteiger partial charge in [0.25, 0.3) is 0 Å². The van der Waals surface area contributed by atoms with E-state index in [1.807, 2.05) is 6.20 Å². The fourth-order valence-corrected chi connectivity index (χ4v) is 1.96. The van der Waals surface area contributed by atoms with Gasteiger partial charge < -0.3 is 4.98 Å². The molecule has 0 aliphatic heterocycles. The number of halogens is 1. The molecule has 0 saturated carbocycles. The molecule has 0 radical (unpaired) electrons. The Balaban J connectivity index is 2.96. The van der Waals surface area contributed by atoms with Crippen molar-refractivity contribution in [2.75, 3.05) is 0 Å². The number of aromatic nitrogens is 1. The van der Waals surface area contributed by atoms with Gasteiger partial charge >= 0.3 is 0 Å². The quantitative estimate of drug-likeness (QED) is 0.686. The highest BCUT2D eigenvalue weighted by Crippen LogP contribution is 2.25. The summed E-state index contributed by atoms with van der Waals surface area (Å²) in [5.41, 5.74) is 2.49. The zero-order valence-corrected chi connectivity index (χ0v) is 7.77. The summed E-state index contributed by atoms with van der Waals surface area (Å²) in [5.74, 6) is 0. The van der Waals surface area contributed by atoms with Gasteiger partial charge in [0.2, 0.25) is 0 Å². The molecule has 0 aliphatic carbocycles. The first-order valence-corrected chi connectivity index (χ1v) is 4.30. The van der Waals surface area contributed by atoms with Crippen molar-refractivity contribution < 1.29 is 0 Å². The number of fused-ring (bicyclic) bond motifs is 1. The maximum Gasteiger partial charge on any atom is 0.0468 e. The highest BCUT2D eigenvalue weighted by Gasteiger charge is 2.01. The number of rotatable bonds is 0. The van der Waals surface area contributed by atoms with Crippen molar-refractivity contribution in [3.63, 3.8) is 0 Å². The van der Waals surface area contributed by atoms with Gasteiger partial charge in [0.1, 0.15) is 0 Å². The van der Waals surface area contributed by atoms with Crippen LogP contribution in [0.1, 0.15) is 5.56 Å². The molecule has 0 atom stereocenters. The van der Waals surface area contributed by atoms with Crippen LogP contribution in [0.5, 0.6) is 0 Å². The predicted molar refractivity (Wildman–Crippen MR) is 50.7 cm³/mol. The molecule has 0 aliphatic rings. The second kappa shape index (κ2) is 2.38. The SMILES string of the molecule is Cc1cccc2[nH]cc(Br)c12. The molecule has 0 amide bonds. The van der Waals surface area contributed by atoms with Crippen LogP contribution in [-0.4, -0.2) is 4.98 Å².